The highest BCUT2D eigenvalue weighted by Gasteiger charge is 2.21. The summed E-state index contributed by atoms with van der Waals surface area (Å²) in [7, 11) is 3.25. The lowest BCUT2D eigenvalue weighted by Gasteiger charge is -2.29. The Kier molecular flexibility index (Phi) is 6.91. The van der Waals surface area contributed by atoms with Crippen LogP contribution in [0.1, 0.15) is 34.6 Å². The van der Waals surface area contributed by atoms with Crippen molar-refractivity contribution in [3.63, 3.8) is 0 Å². The largest absolute Gasteiger partial charge is 0.493 e. The lowest BCUT2D eigenvalue weighted by molar-refractivity contribution is -0.120. The second kappa shape index (κ2) is 9.42. The first-order chi connectivity index (χ1) is 14.3. The van der Waals surface area contributed by atoms with Gasteiger partial charge < -0.3 is 14.8 Å². The molecular formula is C21H28F2N4O3. The predicted octanol–water partition coefficient (Wildman–Crippen LogP) is 2.63. The molecule has 0 saturated heterocycles. The summed E-state index contributed by atoms with van der Waals surface area (Å²) in [4.78, 5) is 14.6. The van der Waals surface area contributed by atoms with Gasteiger partial charge in [0.1, 0.15) is 0 Å². The van der Waals surface area contributed by atoms with E-state index in [1.54, 1.807) is 28.1 Å². The number of rotatable bonds is 8. The number of benzene rings is 1. The minimum absolute atomic E-state index is 0.0458. The van der Waals surface area contributed by atoms with E-state index < -0.39 is 6.55 Å². The van der Waals surface area contributed by atoms with Crippen LogP contribution in [0.15, 0.2) is 12.1 Å². The van der Waals surface area contributed by atoms with Crippen LogP contribution < -0.4 is 14.8 Å². The van der Waals surface area contributed by atoms with E-state index in [9.17, 15) is 13.6 Å². The Hall–Kier alpha value is -2.68. The van der Waals surface area contributed by atoms with E-state index in [1.165, 1.54) is 11.1 Å². The number of amides is 1. The van der Waals surface area contributed by atoms with Gasteiger partial charge in [0, 0.05) is 37.4 Å². The van der Waals surface area contributed by atoms with E-state index in [0.29, 0.717) is 40.5 Å². The SMILES string of the molecule is COc1cc2c(cc1OC)CN(CCNC(=O)Cc1c(C)nn(C(F)F)c1C)CC2. The molecule has 0 unspecified atom stereocenters. The minimum Gasteiger partial charge on any atom is -0.493 e. The summed E-state index contributed by atoms with van der Waals surface area (Å²) in [6, 6.07) is 4.03. The van der Waals surface area contributed by atoms with E-state index in [2.05, 4.69) is 15.3 Å². The summed E-state index contributed by atoms with van der Waals surface area (Å²) in [5.74, 6) is 1.25. The lowest BCUT2D eigenvalue weighted by atomic mass is 9.99. The molecule has 1 N–H and O–H groups in total. The monoisotopic (exact) mass is 422 g/mol. The smallest absolute Gasteiger partial charge is 0.333 e. The lowest BCUT2D eigenvalue weighted by Crippen LogP contribution is -2.38. The molecule has 164 valence electrons. The molecule has 30 heavy (non-hydrogen) atoms. The molecule has 7 nitrogen and oxygen atoms in total. The topological polar surface area (TPSA) is 68.6 Å². The van der Waals surface area contributed by atoms with Crippen LogP contribution in [-0.4, -0.2) is 54.4 Å². The van der Waals surface area contributed by atoms with Crippen LogP contribution in [0.2, 0.25) is 0 Å². The Morgan fingerprint density at radius 2 is 1.87 bits per heavy atom. The quantitative estimate of drug-likeness (QED) is 0.708. The third kappa shape index (κ3) is 4.72. The zero-order valence-corrected chi connectivity index (χ0v) is 17.8. The summed E-state index contributed by atoms with van der Waals surface area (Å²) in [5, 5.41) is 6.71. The number of carbonyl (C=O) groups excluding carboxylic acids is 1. The fourth-order valence-electron chi connectivity index (χ4n) is 3.85. The van der Waals surface area contributed by atoms with Crippen LogP contribution in [0.5, 0.6) is 11.5 Å². The van der Waals surface area contributed by atoms with Gasteiger partial charge >= 0.3 is 6.55 Å². The molecule has 1 amide bonds. The molecule has 1 aromatic carbocycles. The van der Waals surface area contributed by atoms with Gasteiger partial charge in [-0.2, -0.15) is 13.9 Å². The molecule has 0 atom stereocenters. The van der Waals surface area contributed by atoms with Gasteiger partial charge in [0.25, 0.3) is 0 Å². The average molecular weight is 422 g/mol. The van der Waals surface area contributed by atoms with Crippen LogP contribution >= 0.6 is 0 Å². The van der Waals surface area contributed by atoms with Crippen molar-refractivity contribution in [1.82, 2.24) is 20.0 Å². The zero-order valence-electron chi connectivity index (χ0n) is 17.8. The second-order valence-corrected chi connectivity index (χ2v) is 7.40. The van der Waals surface area contributed by atoms with Gasteiger partial charge in [-0.1, -0.05) is 0 Å². The summed E-state index contributed by atoms with van der Waals surface area (Å²) in [6.45, 7) is 3.34. The van der Waals surface area contributed by atoms with Gasteiger partial charge in [-0.15, -0.1) is 0 Å². The van der Waals surface area contributed by atoms with Crippen molar-refractivity contribution in [3.05, 3.63) is 40.2 Å². The van der Waals surface area contributed by atoms with Crippen LogP contribution in [0.4, 0.5) is 8.78 Å². The van der Waals surface area contributed by atoms with Crippen molar-refractivity contribution >= 4 is 5.91 Å². The number of nitrogens with one attached hydrogen (secondary N) is 1. The summed E-state index contributed by atoms with van der Waals surface area (Å²) < 4.78 is 37.3. The molecule has 3 rings (SSSR count). The molecule has 2 aromatic rings. The Balaban J connectivity index is 1.52. The highest BCUT2D eigenvalue weighted by atomic mass is 19.3. The maximum Gasteiger partial charge on any atom is 0.333 e. The number of methoxy groups -OCH3 is 2. The number of aromatic nitrogens is 2. The van der Waals surface area contributed by atoms with Crippen molar-refractivity contribution in [2.24, 2.45) is 0 Å². The maximum absolute atomic E-state index is 12.9. The first-order valence-corrected chi connectivity index (χ1v) is 9.89. The first kappa shape index (κ1) is 22.0. The van der Waals surface area contributed by atoms with E-state index in [1.807, 2.05) is 12.1 Å². The normalized spacial score (nSPS) is 14.0. The van der Waals surface area contributed by atoms with Gasteiger partial charge in [0.05, 0.1) is 26.3 Å². The third-order valence-corrected chi connectivity index (χ3v) is 5.54. The number of ether oxygens (including phenoxy) is 2. The standard InChI is InChI=1S/C21H28F2N4O3/c1-13-17(14(2)27(25-13)21(22)23)11-20(28)24-6-8-26-7-5-15-9-18(29-3)19(30-4)10-16(15)12-26/h9-10,21H,5-8,11-12H2,1-4H3,(H,24,28). The molecule has 1 aliphatic heterocycles. The molecule has 0 bridgehead atoms. The zero-order chi connectivity index (χ0) is 21.8. The molecule has 0 spiro atoms. The van der Waals surface area contributed by atoms with Crippen molar-refractivity contribution in [3.8, 4) is 11.5 Å². The molecule has 0 aliphatic carbocycles. The molecule has 9 heteroatoms. The summed E-state index contributed by atoms with van der Waals surface area (Å²) in [5.41, 5.74) is 3.78. The molecule has 0 radical (unpaired) electrons. The van der Waals surface area contributed by atoms with Crippen molar-refractivity contribution in [1.29, 1.82) is 0 Å². The molecule has 1 aromatic heterocycles. The Morgan fingerprint density at radius 1 is 1.20 bits per heavy atom. The van der Waals surface area contributed by atoms with Crippen LogP contribution in [0.3, 0.4) is 0 Å². The number of hydrogen-bond donors (Lipinski definition) is 1. The molecule has 0 saturated carbocycles. The van der Waals surface area contributed by atoms with Crippen molar-refractivity contribution < 1.29 is 23.0 Å². The van der Waals surface area contributed by atoms with Crippen molar-refractivity contribution in [2.75, 3.05) is 33.9 Å². The Bertz CT molecular complexity index is 914. The number of nitrogens with zero attached hydrogens (tertiary/aromatic N) is 3. The number of fused-ring (bicyclic) bond motifs is 1. The summed E-state index contributed by atoms with van der Waals surface area (Å²) >= 11 is 0. The molecule has 2 heterocycles. The fourth-order valence-corrected chi connectivity index (χ4v) is 3.85. The van der Waals surface area contributed by atoms with Gasteiger partial charge in [0.15, 0.2) is 11.5 Å². The Labute approximate surface area is 174 Å². The van der Waals surface area contributed by atoms with Crippen LogP contribution in [0, 0.1) is 13.8 Å². The average Bonchev–Trinajstić information content (AvgIpc) is 3.01. The van der Waals surface area contributed by atoms with Gasteiger partial charge in [-0.3, -0.25) is 9.69 Å². The highest BCUT2D eigenvalue weighted by Crippen LogP contribution is 2.33. The van der Waals surface area contributed by atoms with Crippen molar-refractivity contribution in [2.45, 2.75) is 39.8 Å². The predicted molar refractivity (Wildman–Crippen MR) is 108 cm³/mol. The van der Waals surface area contributed by atoms with Gasteiger partial charge in [0.2, 0.25) is 5.91 Å². The highest BCUT2D eigenvalue weighted by molar-refractivity contribution is 5.79. The van der Waals surface area contributed by atoms with Crippen LogP contribution in [0.25, 0.3) is 0 Å². The third-order valence-electron chi connectivity index (χ3n) is 5.54. The number of alkyl halides is 2. The maximum atomic E-state index is 12.9. The van der Waals surface area contributed by atoms with E-state index in [4.69, 9.17) is 9.47 Å². The molecule has 0 fully saturated rings. The first-order valence-electron chi connectivity index (χ1n) is 9.89. The fraction of sp³-hybridized carbons (Fsp3) is 0.524. The number of halogens is 2. The second-order valence-electron chi connectivity index (χ2n) is 7.40. The van der Waals surface area contributed by atoms with Gasteiger partial charge in [-0.25, -0.2) is 4.68 Å². The number of carbonyl (C=O) groups is 1. The molecule has 1 aliphatic rings. The van der Waals surface area contributed by atoms with Crippen LogP contribution in [-0.2, 0) is 24.2 Å². The number of hydrogen-bond acceptors (Lipinski definition) is 5. The molecular weight excluding hydrogens is 394 g/mol. The van der Waals surface area contributed by atoms with E-state index >= 15 is 0 Å². The Morgan fingerprint density at radius 3 is 2.47 bits per heavy atom. The van der Waals surface area contributed by atoms with E-state index in [-0.39, 0.29) is 12.3 Å². The minimum atomic E-state index is -2.71. The number of aryl methyl sites for hydroxylation is 1. The summed E-state index contributed by atoms with van der Waals surface area (Å²) in [6.07, 6.45) is 0.944. The van der Waals surface area contributed by atoms with E-state index in [0.717, 1.165) is 25.3 Å². The van der Waals surface area contributed by atoms with Gasteiger partial charge in [-0.05, 0) is 43.5 Å².